The summed E-state index contributed by atoms with van der Waals surface area (Å²) in [6, 6.07) is 3.48. The van der Waals surface area contributed by atoms with Crippen LogP contribution in [0.25, 0.3) is 11.2 Å². The molecule has 0 aliphatic heterocycles. The molecule has 2 rings (SSSR count). The van der Waals surface area contributed by atoms with Gasteiger partial charge in [-0.2, -0.15) is 0 Å². The molecule has 0 atom stereocenters. The lowest BCUT2D eigenvalue weighted by Crippen LogP contribution is -2.12. The summed E-state index contributed by atoms with van der Waals surface area (Å²) in [5, 5.41) is 3.12. The molecule has 2 aromatic rings. The molecule has 0 aliphatic rings. The highest BCUT2D eigenvalue weighted by Crippen LogP contribution is 2.20. The molecule has 5 nitrogen and oxygen atoms in total. The van der Waals surface area contributed by atoms with Crippen LogP contribution in [0.1, 0.15) is 20.3 Å². The van der Waals surface area contributed by atoms with Crippen molar-refractivity contribution < 1.29 is 4.79 Å². The molecule has 6 heteroatoms. The number of nitrogens with one attached hydrogen (secondary N) is 1. The van der Waals surface area contributed by atoms with E-state index in [-0.39, 0.29) is 5.91 Å². The van der Waals surface area contributed by atoms with Gasteiger partial charge in [-0.05, 0) is 18.6 Å². The van der Waals surface area contributed by atoms with Crippen molar-refractivity contribution in [2.24, 2.45) is 0 Å². The van der Waals surface area contributed by atoms with Crippen LogP contribution in [0.2, 0.25) is 5.15 Å². The van der Waals surface area contributed by atoms with Crippen molar-refractivity contribution in [2.75, 3.05) is 5.32 Å². The Morgan fingerprint density at radius 2 is 2.24 bits per heavy atom. The fraction of sp³-hybridized carbons (Fsp3) is 0.364. The van der Waals surface area contributed by atoms with Crippen molar-refractivity contribution >= 4 is 34.6 Å². The minimum absolute atomic E-state index is 0.149. The van der Waals surface area contributed by atoms with Gasteiger partial charge in [-0.3, -0.25) is 14.7 Å². The second kappa shape index (κ2) is 4.71. The van der Waals surface area contributed by atoms with Crippen molar-refractivity contribution in [1.29, 1.82) is 0 Å². The summed E-state index contributed by atoms with van der Waals surface area (Å²) in [5.41, 5.74) is 1.43. The lowest BCUT2D eigenvalue weighted by molar-refractivity contribution is -0.114. The minimum atomic E-state index is -0.149. The third-order valence-corrected chi connectivity index (χ3v) is 2.50. The van der Waals surface area contributed by atoms with Gasteiger partial charge in [-0.15, -0.1) is 0 Å². The minimum Gasteiger partial charge on any atom is -0.296 e. The van der Waals surface area contributed by atoms with E-state index in [1.165, 1.54) is 6.92 Å². The molecule has 0 spiro atoms. The molecular formula is C11H13ClN4O. The Morgan fingerprint density at radius 3 is 2.88 bits per heavy atom. The van der Waals surface area contributed by atoms with Crippen LogP contribution in [0.3, 0.4) is 0 Å². The van der Waals surface area contributed by atoms with E-state index in [0.29, 0.717) is 16.7 Å². The Balaban J connectivity index is 2.58. The van der Waals surface area contributed by atoms with Crippen molar-refractivity contribution in [1.82, 2.24) is 14.5 Å². The van der Waals surface area contributed by atoms with Gasteiger partial charge < -0.3 is 0 Å². The molecule has 0 saturated heterocycles. The van der Waals surface area contributed by atoms with Crippen LogP contribution in [-0.4, -0.2) is 20.4 Å². The number of aryl methyl sites for hydroxylation is 1. The van der Waals surface area contributed by atoms with Gasteiger partial charge in [-0.25, -0.2) is 9.97 Å². The van der Waals surface area contributed by atoms with Gasteiger partial charge in [0, 0.05) is 13.5 Å². The number of fused-ring (bicyclic) bond motifs is 1. The third-order valence-electron chi connectivity index (χ3n) is 2.29. The Labute approximate surface area is 104 Å². The van der Waals surface area contributed by atoms with Crippen LogP contribution in [-0.2, 0) is 11.3 Å². The highest BCUT2D eigenvalue weighted by Gasteiger charge is 2.12. The molecular weight excluding hydrogens is 240 g/mol. The Bertz CT molecular complexity index is 564. The van der Waals surface area contributed by atoms with Crippen LogP contribution < -0.4 is 5.32 Å². The van der Waals surface area contributed by atoms with Gasteiger partial charge in [0.25, 0.3) is 0 Å². The molecule has 0 bridgehead atoms. The average Bonchev–Trinajstić information content (AvgIpc) is 2.57. The van der Waals surface area contributed by atoms with E-state index in [0.717, 1.165) is 18.5 Å². The predicted molar refractivity (Wildman–Crippen MR) is 67.1 cm³/mol. The number of halogens is 1. The SMILES string of the molecule is CCCn1c(NC(C)=O)nc2ccc(Cl)nc21. The summed E-state index contributed by atoms with van der Waals surface area (Å²) < 4.78 is 1.86. The van der Waals surface area contributed by atoms with Gasteiger partial charge in [0.05, 0.1) is 0 Å². The maximum absolute atomic E-state index is 11.1. The van der Waals surface area contributed by atoms with Crippen LogP contribution in [0.5, 0.6) is 0 Å². The summed E-state index contributed by atoms with van der Waals surface area (Å²) in [7, 11) is 0. The average molecular weight is 253 g/mol. The monoisotopic (exact) mass is 252 g/mol. The number of hydrogen-bond acceptors (Lipinski definition) is 3. The first kappa shape index (κ1) is 11.9. The zero-order valence-corrected chi connectivity index (χ0v) is 10.5. The molecule has 17 heavy (non-hydrogen) atoms. The summed E-state index contributed by atoms with van der Waals surface area (Å²) >= 11 is 5.87. The third kappa shape index (κ3) is 2.39. The summed E-state index contributed by atoms with van der Waals surface area (Å²) in [6.07, 6.45) is 0.923. The van der Waals surface area contributed by atoms with Crippen LogP contribution in [0, 0.1) is 0 Å². The second-order valence-electron chi connectivity index (χ2n) is 3.74. The fourth-order valence-corrected chi connectivity index (χ4v) is 1.81. The Morgan fingerprint density at radius 1 is 1.47 bits per heavy atom. The zero-order valence-electron chi connectivity index (χ0n) is 9.70. The Hall–Kier alpha value is -1.62. The van der Waals surface area contributed by atoms with Gasteiger partial charge in [0.2, 0.25) is 11.9 Å². The first-order valence-electron chi connectivity index (χ1n) is 5.42. The smallest absolute Gasteiger partial charge is 0.223 e. The van der Waals surface area contributed by atoms with Crippen LogP contribution >= 0.6 is 11.6 Å². The number of hydrogen-bond donors (Lipinski definition) is 1. The topological polar surface area (TPSA) is 59.8 Å². The first-order valence-corrected chi connectivity index (χ1v) is 5.80. The highest BCUT2D eigenvalue weighted by molar-refractivity contribution is 6.29. The Kier molecular flexibility index (Phi) is 3.28. The van der Waals surface area contributed by atoms with E-state index < -0.39 is 0 Å². The van der Waals surface area contributed by atoms with Crippen LogP contribution in [0.4, 0.5) is 5.95 Å². The van der Waals surface area contributed by atoms with E-state index in [1.807, 2.05) is 11.5 Å². The van der Waals surface area contributed by atoms with E-state index in [1.54, 1.807) is 12.1 Å². The van der Waals surface area contributed by atoms with Gasteiger partial charge in [-0.1, -0.05) is 18.5 Å². The number of amides is 1. The fourth-order valence-electron chi connectivity index (χ4n) is 1.67. The first-order chi connectivity index (χ1) is 8.11. The molecule has 2 heterocycles. The normalized spacial score (nSPS) is 10.8. The second-order valence-corrected chi connectivity index (χ2v) is 4.13. The van der Waals surface area contributed by atoms with Gasteiger partial charge >= 0.3 is 0 Å². The number of pyridine rings is 1. The summed E-state index contributed by atoms with van der Waals surface area (Å²) in [4.78, 5) is 19.7. The summed E-state index contributed by atoms with van der Waals surface area (Å²) in [5.74, 6) is 0.368. The number of imidazole rings is 1. The molecule has 0 fully saturated rings. The summed E-state index contributed by atoms with van der Waals surface area (Å²) in [6.45, 7) is 4.24. The molecule has 2 aromatic heterocycles. The number of anilines is 1. The van der Waals surface area contributed by atoms with Crippen molar-refractivity contribution in [3.05, 3.63) is 17.3 Å². The van der Waals surface area contributed by atoms with Gasteiger partial charge in [0.1, 0.15) is 10.7 Å². The molecule has 1 N–H and O–H groups in total. The lowest BCUT2D eigenvalue weighted by atomic mass is 10.4. The van der Waals surface area contributed by atoms with Crippen molar-refractivity contribution in [3.8, 4) is 0 Å². The molecule has 0 aliphatic carbocycles. The number of rotatable bonds is 3. The maximum Gasteiger partial charge on any atom is 0.223 e. The van der Waals surface area contributed by atoms with Crippen LogP contribution in [0.15, 0.2) is 12.1 Å². The number of nitrogens with zero attached hydrogens (tertiary/aromatic N) is 3. The lowest BCUT2D eigenvalue weighted by Gasteiger charge is -2.06. The van der Waals surface area contributed by atoms with E-state index in [2.05, 4.69) is 15.3 Å². The zero-order chi connectivity index (χ0) is 12.4. The molecule has 0 saturated carbocycles. The quantitative estimate of drug-likeness (QED) is 0.854. The molecule has 90 valence electrons. The molecule has 0 unspecified atom stereocenters. The highest BCUT2D eigenvalue weighted by atomic mass is 35.5. The molecule has 0 aromatic carbocycles. The number of carbonyl (C=O) groups is 1. The standard InChI is InChI=1S/C11H13ClN4O/c1-3-6-16-10-8(4-5-9(12)15-10)14-11(16)13-7(2)17/h4-5H,3,6H2,1-2H3,(H,13,14,17). The molecule has 1 amide bonds. The maximum atomic E-state index is 11.1. The number of aromatic nitrogens is 3. The van der Waals surface area contributed by atoms with Gasteiger partial charge in [0.15, 0.2) is 5.65 Å². The van der Waals surface area contributed by atoms with Crippen molar-refractivity contribution in [3.63, 3.8) is 0 Å². The largest absolute Gasteiger partial charge is 0.296 e. The van der Waals surface area contributed by atoms with E-state index in [9.17, 15) is 4.79 Å². The van der Waals surface area contributed by atoms with Crippen molar-refractivity contribution in [2.45, 2.75) is 26.8 Å². The predicted octanol–water partition coefficient (Wildman–Crippen LogP) is 2.45. The molecule has 0 radical (unpaired) electrons. The van der Waals surface area contributed by atoms with E-state index in [4.69, 9.17) is 11.6 Å². The number of carbonyl (C=O) groups excluding carboxylic acids is 1. The van der Waals surface area contributed by atoms with E-state index >= 15 is 0 Å².